The van der Waals surface area contributed by atoms with Gasteiger partial charge in [-0.15, -0.1) is 0 Å². The van der Waals surface area contributed by atoms with Crippen molar-refractivity contribution < 1.29 is 19.1 Å². The van der Waals surface area contributed by atoms with E-state index >= 15 is 0 Å². The largest absolute Gasteiger partial charge is 0.478 e. The fraction of sp³-hybridized carbons (Fsp3) is 0.222. The topological polar surface area (TPSA) is 64.6 Å². The van der Waals surface area contributed by atoms with Crippen molar-refractivity contribution in [3.05, 3.63) is 59.1 Å². The predicted octanol–water partition coefficient (Wildman–Crippen LogP) is 3.92. The fourth-order valence-corrected chi connectivity index (χ4v) is 2.11. The molecule has 1 amide bonds. The lowest BCUT2D eigenvalue weighted by atomic mass is 10.1. The third-order valence-corrected chi connectivity index (χ3v) is 3.41. The number of para-hydroxylation sites is 1. The van der Waals surface area contributed by atoms with Crippen molar-refractivity contribution in [3.63, 3.8) is 0 Å². The summed E-state index contributed by atoms with van der Waals surface area (Å²) in [5.74, 6) is -0.515. The van der Waals surface area contributed by atoms with Crippen LogP contribution in [0.1, 0.15) is 24.2 Å². The van der Waals surface area contributed by atoms with Gasteiger partial charge in [-0.3, -0.25) is 4.79 Å². The number of hydrogen-bond acceptors (Lipinski definition) is 4. The monoisotopic (exact) mass is 347 g/mol. The van der Waals surface area contributed by atoms with E-state index in [1.165, 1.54) is 0 Å². The molecule has 5 nitrogen and oxygen atoms in total. The van der Waals surface area contributed by atoms with Crippen LogP contribution in [-0.4, -0.2) is 24.6 Å². The highest BCUT2D eigenvalue weighted by Gasteiger charge is 2.19. The van der Waals surface area contributed by atoms with E-state index in [0.29, 0.717) is 22.0 Å². The van der Waals surface area contributed by atoms with Crippen molar-refractivity contribution in [2.24, 2.45) is 0 Å². The minimum absolute atomic E-state index is 0.269. The molecule has 0 saturated carbocycles. The number of hydrogen-bond donors (Lipinski definition) is 1. The third kappa shape index (κ3) is 4.73. The molecule has 2 aromatic rings. The summed E-state index contributed by atoms with van der Waals surface area (Å²) in [7, 11) is 0. The van der Waals surface area contributed by atoms with E-state index in [2.05, 4.69) is 5.32 Å². The summed E-state index contributed by atoms with van der Waals surface area (Å²) in [5.41, 5.74) is 0.932. The van der Waals surface area contributed by atoms with E-state index in [0.717, 1.165) is 0 Å². The molecule has 0 aliphatic rings. The van der Waals surface area contributed by atoms with E-state index in [4.69, 9.17) is 21.1 Å². The van der Waals surface area contributed by atoms with Crippen LogP contribution >= 0.6 is 11.6 Å². The van der Waals surface area contributed by atoms with Crippen LogP contribution in [-0.2, 0) is 9.53 Å². The second-order valence-electron chi connectivity index (χ2n) is 4.97. The Hall–Kier alpha value is -2.53. The molecule has 2 aromatic carbocycles. The van der Waals surface area contributed by atoms with E-state index < -0.39 is 12.1 Å². The summed E-state index contributed by atoms with van der Waals surface area (Å²) >= 11 is 5.83. The Balaban J connectivity index is 2.14. The molecule has 0 radical (unpaired) electrons. The van der Waals surface area contributed by atoms with E-state index in [1.54, 1.807) is 62.4 Å². The van der Waals surface area contributed by atoms with Gasteiger partial charge in [0, 0.05) is 10.7 Å². The van der Waals surface area contributed by atoms with Gasteiger partial charge in [0.2, 0.25) is 0 Å². The van der Waals surface area contributed by atoms with Gasteiger partial charge >= 0.3 is 5.97 Å². The Morgan fingerprint density at radius 3 is 2.46 bits per heavy atom. The smallest absolute Gasteiger partial charge is 0.347 e. The first-order valence-electron chi connectivity index (χ1n) is 7.50. The molecule has 0 spiro atoms. The maximum Gasteiger partial charge on any atom is 0.347 e. The third-order valence-electron chi connectivity index (χ3n) is 3.16. The number of ether oxygens (including phenoxy) is 2. The van der Waals surface area contributed by atoms with Crippen LogP contribution in [0.3, 0.4) is 0 Å². The standard InChI is InChI=1S/C18H18ClNO4/c1-3-23-18(22)12(2)24-16-7-5-4-6-15(16)17(21)20-14-10-8-13(19)9-11-14/h4-12H,3H2,1-2H3,(H,20,21). The fourth-order valence-electron chi connectivity index (χ4n) is 1.99. The zero-order chi connectivity index (χ0) is 17.5. The molecular formula is C18H18ClNO4. The molecule has 126 valence electrons. The van der Waals surface area contributed by atoms with Crippen LogP contribution in [0, 0.1) is 0 Å². The highest BCUT2D eigenvalue weighted by molar-refractivity contribution is 6.30. The quantitative estimate of drug-likeness (QED) is 0.804. The molecule has 2 rings (SSSR count). The van der Waals surface area contributed by atoms with Crippen LogP contribution < -0.4 is 10.1 Å². The van der Waals surface area contributed by atoms with Crippen molar-refractivity contribution in [2.75, 3.05) is 11.9 Å². The van der Waals surface area contributed by atoms with Crippen molar-refractivity contribution >= 4 is 29.2 Å². The lowest BCUT2D eigenvalue weighted by Crippen LogP contribution is -2.27. The summed E-state index contributed by atoms with van der Waals surface area (Å²) in [4.78, 5) is 24.1. The summed E-state index contributed by atoms with van der Waals surface area (Å²) in [6.45, 7) is 3.56. The number of carbonyl (C=O) groups is 2. The molecule has 0 bridgehead atoms. The van der Waals surface area contributed by atoms with Crippen molar-refractivity contribution in [2.45, 2.75) is 20.0 Å². The van der Waals surface area contributed by atoms with Gasteiger partial charge in [0.25, 0.3) is 5.91 Å². The number of amides is 1. The number of nitrogens with one attached hydrogen (secondary N) is 1. The van der Waals surface area contributed by atoms with Crippen LogP contribution in [0.4, 0.5) is 5.69 Å². The number of benzene rings is 2. The molecule has 1 atom stereocenters. The molecule has 0 saturated heterocycles. The van der Waals surface area contributed by atoms with Gasteiger partial charge < -0.3 is 14.8 Å². The second-order valence-corrected chi connectivity index (χ2v) is 5.41. The van der Waals surface area contributed by atoms with Gasteiger partial charge in [-0.25, -0.2) is 4.79 Å². The molecule has 0 heterocycles. The number of anilines is 1. The van der Waals surface area contributed by atoms with Gasteiger partial charge in [-0.05, 0) is 50.2 Å². The summed E-state index contributed by atoms with van der Waals surface area (Å²) < 4.78 is 10.5. The molecule has 24 heavy (non-hydrogen) atoms. The van der Waals surface area contributed by atoms with Crippen LogP contribution in [0.2, 0.25) is 5.02 Å². The lowest BCUT2D eigenvalue weighted by molar-refractivity contribution is -0.150. The minimum atomic E-state index is -0.811. The van der Waals surface area contributed by atoms with Gasteiger partial charge in [-0.2, -0.15) is 0 Å². The lowest BCUT2D eigenvalue weighted by Gasteiger charge is -2.16. The van der Waals surface area contributed by atoms with E-state index in [9.17, 15) is 9.59 Å². The Morgan fingerprint density at radius 1 is 1.12 bits per heavy atom. The molecule has 0 fully saturated rings. The van der Waals surface area contributed by atoms with Gasteiger partial charge in [0.05, 0.1) is 12.2 Å². The SMILES string of the molecule is CCOC(=O)C(C)Oc1ccccc1C(=O)Nc1ccc(Cl)cc1. The molecule has 0 aromatic heterocycles. The molecule has 1 unspecified atom stereocenters. The highest BCUT2D eigenvalue weighted by atomic mass is 35.5. The molecule has 1 N–H and O–H groups in total. The Kier molecular flexibility index (Phi) is 6.21. The second kappa shape index (κ2) is 8.36. The van der Waals surface area contributed by atoms with Crippen molar-refractivity contribution in [1.82, 2.24) is 0 Å². The average molecular weight is 348 g/mol. The Bertz CT molecular complexity index is 715. The first kappa shape index (κ1) is 17.8. The molecule has 0 aliphatic heterocycles. The van der Waals surface area contributed by atoms with Crippen molar-refractivity contribution in [3.8, 4) is 5.75 Å². The molecule has 6 heteroatoms. The van der Waals surface area contributed by atoms with Crippen LogP contribution in [0.5, 0.6) is 5.75 Å². The number of carbonyl (C=O) groups excluding carboxylic acids is 2. The van der Waals surface area contributed by atoms with Gasteiger partial charge in [0.15, 0.2) is 6.10 Å². The van der Waals surface area contributed by atoms with Crippen LogP contribution in [0.25, 0.3) is 0 Å². The normalized spacial score (nSPS) is 11.5. The maximum atomic E-state index is 12.5. The van der Waals surface area contributed by atoms with Crippen molar-refractivity contribution in [1.29, 1.82) is 0 Å². The first-order chi connectivity index (χ1) is 11.5. The number of esters is 1. The van der Waals surface area contributed by atoms with E-state index in [-0.39, 0.29) is 12.5 Å². The predicted molar refractivity (Wildman–Crippen MR) is 92.6 cm³/mol. The molecular weight excluding hydrogens is 330 g/mol. The Morgan fingerprint density at radius 2 is 1.79 bits per heavy atom. The summed E-state index contributed by atoms with van der Waals surface area (Å²) in [6, 6.07) is 13.5. The minimum Gasteiger partial charge on any atom is -0.478 e. The number of rotatable bonds is 6. The summed E-state index contributed by atoms with van der Waals surface area (Å²) in [6.07, 6.45) is -0.811. The first-order valence-corrected chi connectivity index (χ1v) is 7.88. The Labute approximate surface area is 145 Å². The maximum absolute atomic E-state index is 12.5. The zero-order valence-corrected chi connectivity index (χ0v) is 14.2. The van der Waals surface area contributed by atoms with Crippen LogP contribution in [0.15, 0.2) is 48.5 Å². The zero-order valence-electron chi connectivity index (χ0n) is 13.4. The van der Waals surface area contributed by atoms with Gasteiger partial charge in [0.1, 0.15) is 5.75 Å². The molecule has 0 aliphatic carbocycles. The summed E-state index contributed by atoms with van der Waals surface area (Å²) in [5, 5.41) is 3.34. The highest BCUT2D eigenvalue weighted by Crippen LogP contribution is 2.22. The van der Waals surface area contributed by atoms with Gasteiger partial charge in [-0.1, -0.05) is 23.7 Å². The van der Waals surface area contributed by atoms with E-state index in [1.807, 2.05) is 0 Å². The average Bonchev–Trinajstić information content (AvgIpc) is 2.57. The number of halogens is 1.